The lowest BCUT2D eigenvalue weighted by molar-refractivity contribution is 0.103. The molecule has 4 heteroatoms. The van der Waals surface area contributed by atoms with Gasteiger partial charge in [0, 0.05) is 16.7 Å². The number of anilines is 2. The molecule has 4 rings (SSSR count). The highest BCUT2D eigenvalue weighted by molar-refractivity contribution is 6.09. The summed E-state index contributed by atoms with van der Waals surface area (Å²) < 4.78 is 5.95. The average Bonchev–Trinajstić information content (AvgIpc) is 2.78. The maximum atomic E-state index is 12.7. The first-order valence-electron chi connectivity index (χ1n) is 9.24. The number of rotatable bonds is 5. The summed E-state index contributed by atoms with van der Waals surface area (Å²) in [6, 6.07) is 29.6. The van der Waals surface area contributed by atoms with Crippen molar-refractivity contribution in [3.8, 4) is 22.6 Å². The molecule has 0 saturated heterocycles. The number of ether oxygens (including phenoxy) is 1. The number of benzene rings is 4. The fourth-order valence-electron chi connectivity index (χ4n) is 3.16. The number of hydrogen-bond donors (Lipinski definition) is 2. The van der Waals surface area contributed by atoms with Gasteiger partial charge in [0.15, 0.2) is 11.5 Å². The molecular weight excluding hydrogens is 360 g/mol. The van der Waals surface area contributed by atoms with E-state index in [1.165, 1.54) is 0 Å². The molecule has 0 heterocycles. The van der Waals surface area contributed by atoms with E-state index in [4.69, 9.17) is 16.2 Å². The van der Waals surface area contributed by atoms with Crippen LogP contribution in [0.3, 0.4) is 0 Å². The summed E-state index contributed by atoms with van der Waals surface area (Å²) in [7, 11) is 0. The van der Waals surface area contributed by atoms with Gasteiger partial charge in [0.25, 0.3) is 0 Å². The third kappa shape index (κ3) is 3.82. The Morgan fingerprint density at radius 3 is 2.03 bits per heavy atom. The summed E-state index contributed by atoms with van der Waals surface area (Å²) in [4.78, 5) is 12.7. The van der Waals surface area contributed by atoms with Gasteiger partial charge < -0.3 is 16.2 Å². The summed E-state index contributed by atoms with van der Waals surface area (Å²) in [5.41, 5.74) is 16.3. The van der Waals surface area contributed by atoms with Crippen molar-refractivity contribution >= 4 is 17.2 Å². The average molecular weight is 380 g/mol. The second-order valence-electron chi connectivity index (χ2n) is 6.63. The Bertz CT molecular complexity index is 1160. The van der Waals surface area contributed by atoms with Crippen LogP contribution >= 0.6 is 0 Å². The molecule has 0 atom stereocenters. The van der Waals surface area contributed by atoms with Crippen LogP contribution in [0, 0.1) is 0 Å². The monoisotopic (exact) mass is 380 g/mol. The van der Waals surface area contributed by atoms with Crippen molar-refractivity contribution in [2.24, 2.45) is 0 Å². The highest BCUT2D eigenvalue weighted by atomic mass is 16.5. The second kappa shape index (κ2) is 7.90. The van der Waals surface area contributed by atoms with E-state index < -0.39 is 0 Å². The molecule has 142 valence electrons. The minimum atomic E-state index is -0.0667. The second-order valence-corrected chi connectivity index (χ2v) is 6.63. The fourth-order valence-corrected chi connectivity index (χ4v) is 3.16. The number of carbonyl (C=O) groups is 1. The molecule has 0 radical (unpaired) electrons. The summed E-state index contributed by atoms with van der Waals surface area (Å²) in [6.07, 6.45) is 0. The van der Waals surface area contributed by atoms with E-state index in [0.717, 1.165) is 11.1 Å². The van der Waals surface area contributed by atoms with Crippen molar-refractivity contribution in [1.29, 1.82) is 0 Å². The van der Waals surface area contributed by atoms with E-state index in [1.807, 2.05) is 54.6 Å². The number of hydrogen-bond acceptors (Lipinski definition) is 4. The van der Waals surface area contributed by atoms with Crippen LogP contribution < -0.4 is 16.2 Å². The lowest BCUT2D eigenvalue weighted by Crippen LogP contribution is -2.02. The van der Waals surface area contributed by atoms with Gasteiger partial charge in [-0.1, -0.05) is 72.8 Å². The van der Waals surface area contributed by atoms with Crippen molar-refractivity contribution < 1.29 is 9.53 Å². The predicted octanol–water partition coefficient (Wildman–Crippen LogP) is 5.54. The van der Waals surface area contributed by atoms with E-state index in [9.17, 15) is 4.79 Å². The molecular formula is C25H20N2O2. The van der Waals surface area contributed by atoms with Gasteiger partial charge in [-0.2, -0.15) is 0 Å². The Kier molecular flexibility index (Phi) is 4.99. The molecule has 0 fully saturated rings. The molecule has 0 amide bonds. The molecule has 4 nitrogen and oxygen atoms in total. The summed E-state index contributed by atoms with van der Waals surface area (Å²) in [5, 5.41) is 0. The highest BCUT2D eigenvalue weighted by Crippen LogP contribution is 2.38. The molecule has 4 N–H and O–H groups in total. The van der Waals surface area contributed by atoms with E-state index in [2.05, 4.69) is 0 Å². The summed E-state index contributed by atoms with van der Waals surface area (Å²) in [6.45, 7) is 0. The van der Waals surface area contributed by atoms with Crippen molar-refractivity contribution in [2.75, 3.05) is 11.5 Å². The first-order chi connectivity index (χ1) is 14.1. The van der Waals surface area contributed by atoms with Gasteiger partial charge in [0.1, 0.15) is 5.75 Å². The molecule has 0 bridgehead atoms. The van der Waals surface area contributed by atoms with Crippen molar-refractivity contribution in [3.05, 3.63) is 108 Å². The molecule has 4 aromatic carbocycles. The largest absolute Gasteiger partial charge is 0.455 e. The van der Waals surface area contributed by atoms with Gasteiger partial charge in [0.2, 0.25) is 0 Å². The van der Waals surface area contributed by atoms with Crippen molar-refractivity contribution in [3.63, 3.8) is 0 Å². The Morgan fingerprint density at radius 1 is 0.655 bits per heavy atom. The van der Waals surface area contributed by atoms with Gasteiger partial charge in [-0.3, -0.25) is 4.79 Å². The first kappa shape index (κ1) is 18.3. The van der Waals surface area contributed by atoms with Crippen molar-refractivity contribution in [2.45, 2.75) is 0 Å². The van der Waals surface area contributed by atoms with E-state index >= 15 is 0 Å². The summed E-state index contributed by atoms with van der Waals surface area (Å²) in [5.74, 6) is 0.903. The molecule has 0 aliphatic carbocycles. The molecule has 0 aliphatic heterocycles. The standard InChI is InChI=1S/C25H20N2O2/c26-23-21(17-8-3-1-4-9-17)14-15-22(24(23)27)29-20-13-7-12-19(16-20)25(28)18-10-5-2-6-11-18/h1-16H,26-27H2. The van der Waals surface area contributed by atoms with Gasteiger partial charge in [-0.15, -0.1) is 0 Å². The smallest absolute Gasteiger partial charge is 0.193 e. The normalized spacial score (nSPS) is 10.5. The quantitative estimate of drug-likeness (QED) is 0.352. The number of carbonyl (C=O) groups excluding carboxylic acids is 1. The van der Waals surface area contributed by atoms with Crippen molar-refractivity contribution in [1.82, 2.24) is 0 Å². The van der Waals surface area contributed by atoms with Crippen LogP contribution in [0.5, 0.6) is 11.5 Å². The maximum absolute atomic E-state index is 12.7. The molecule has 0 saturated carbocycles. The SMILES string of the molecule is Nc1c(Oc2cccc(C(=O)c3ccccc3)c2)ccc(-c2ccccc2)c1N. The molecule has 29 heavy (non-hydrogen) atoms. The Morgan fingerprint density at radius 2 is 1.31 bits per heavy atom. The first-order valence-corrected chi connectivity index (χ1v) is 9.24. The Balaban J connectivity index is 1.62. The zero-order valence-electron chi connectivity index (χ0n) is 15.7. The zero-order chi connectivity index (χ0) is 20.2. The van der Waals surface area contributed by atoms with E-state index in [0.29, 0.717) is 34.0 Å². The number of nitrogen functional groups attached to an aromatic ring is 2. The van der Waals surface area contributed by atoms with Crippen LogP contribution in [0.2, 0.25) is 0 Å². The third-order valence-electron chi connectivity index (χ3n) is 4.69. The number of ketones is 1. The minimum absolute atomic E-state index is 0.0667. The minimum Gasteiger partial charge on any atom is -0.455 e. The molecule has 0 aliphatic rings. The Hall–Kier alpha value is -4.05. The molecule has 4 aromatic rings. The third-order valence-corrected chi connectivity index (χ3v) is 4.69. The van der Waals surface area contributed by atoms with Gasteiger partial charge in [0.05, 0.1) is 11.4 Å². The van der Waals surface area contributed by atoms with Crippen LogP contribution in [0.15, 0.2) is 97.1 Å². The van der Waals surface area contributed by atoms with Crippen LogP contribution in [-0.4, -0.2) is 5.78 Å². The van der Waals surface area contributed by atoms with Crippen LogP contribution in [0.4, 0.5) is 11.4 Å². The van der Waals surface area contributed by atoms with E-state index in [-0.39, 0.29) is 5.78 Å². The summed E-state index contributed by atoms with van der Waals surface area (Å²) >= 11 is 0. The van der Waals surface area contributed by atoms with Gasteiger partial charge in [-0.25, -0.2) is 0 Å². The van der Waals surface area contributed by atoms with Crippen LogP contribution in [0.25, 0.3) is 11.1 Å². The maximum Gasteiger partial charge on any atom is 0.193 e. The molecule has 0 aromatic heterocycles. The van der Waals surface area contributed by atoms with Crippen LogP contribution in [-0.2, 0) is 0 Å². The fraction of sp³-hybridized carbons (Fsp3) is 0. The predicted molar refractivity (Wildman–Crippen MR) is 117 cm³/mol. The number of nitrogens with two attached hydrogens (primary N) is 2. The zero-order valence-corrected chi connectivity index (χ0v) is 15.7. The molecule has 0 unspecified atom stereocenters. The molecule has 0 spiro atoms. The van der Waals surface area contributed by atoms with Gasteiger partial charge in [-0.05, 0) is 29.8 Å². The lowest BCUT2D eigenvalue weighted by Gasteiger charge is -2.14. The highest BCUT2D eigenvalue weighted by Gasteiger charge is 2.13. The van der Waals surface area contributed by atoms with Crippen LogP contribution in [0.1, 0.15) is 15.9 Å². The van der Waals surface area contributed by atoms with E-state index in [1.54, 1.807) is 42.5 Å². The topological polar surface area (TPSA) is 78.3 Å². The lowest BCUT2D eigenvalue weighted by atomic mass is 10.0. The van der Waals surface area contributed by atoms with Gasteiger partial charge >= 0.3 is 0 Å². The Labute approximate surface area is 169 Å².